The second kappa shape index (κ2) is 10.8. The van der Waals surface area contributed by atoms with Crippen molar-refractivity contribution < 1.29 is 28.5 Å². The molecule has 8 heteroatoms. The molecule has 3 rings (SSSR count). The maximum absolute atomic E-state index is 12.8. The van der Waals surface area contributed by atoms with Gasteiger partial charge >= 0.3 is 5.97 Å². The molecule has 0 radical (unpaired) electrons. The molecule has 3 aromatic carbocycles. The lowest BCUT2D eigenvalue weighted by Crippen LogP contribution is -2.17. The fourth-order valence-electron chi connectivity index (χ4n) is 2.97. The van der Waals surface area contributed by atoms with E-state index in [4.69, 9.17) is 18.9 Å². The lowest BCUT2D eigenvalue weighted by Gasteiger charge is -2.14. The van der Waals surface area contributed by atoms with E-state index in [1.54, 1.807) is 36.4 Å². The van der Waals surface area contributed by atoms with Crippen molar-refractivity contribution in [1.82, 2.24) is 5.43 Å². The Morgan fingerprint density at radius 3 is 2.06 bits per heavy atom. The number of aryl methyl sites for hydroxylation is 1. The first-order valence-corrected chi connectivity index (χ1v) is 9.98. The van der Waals surface area contributed by atoms with Gasteiger partial charge in [-0.25, -0.2) is 10.2 Å². The van der Waals surface area contributed by atoms with Gasteiger partial charge in [0.15, 0.2) is 11.5 Å². The van der Waals surface area contributed by atoms with Gasteiger partial charge in [0, 0.05) is 11.1 Å². The molecule has 1 amide bonds. The first kappa shape index (κ1) is 23.3. The minimum Gasteiger partial charge on any atom is -0.493 e. The topological polar surface area (TPSA) is 95.5 Å². The Morgan fingerprint density at radius 1 is 0.818 bits per heavy atom. The van der Waals surface area contributed by atoms with Crippen molar-refractivity contribution in [3.63, 3.8) is 0 Å². The number of hydrogen-bond donors (Lipinski definition) is 1. The number of hydrazone groups is 1. The fraction of sp³-hybridized carbons (Fsp3) is 0.160. The smallest absolute Gasteiger partial charge is 0.343 e. The number of para-hydroxylation sites is 1. The summed E-state index contributed by atoms with van der Waals surface area (Å²) in [5.41, 5.74) is 4.72. The zero-order valence-electron chi connectivity index (χ0n) is 18.7. The van der Waals surface area contributed by atoms with Gasteiger partial charge in [0.05, 0.1) is 33.1 Å². The van der Waals surface area contributed by atoms with E-state index in [0.717, 1.165) is 5.56 Å². The highest BCUT2D eigenvalue weighted by atomic mass is 16.5. The van der Waals surface area contributed by atoms with Crippen LogP contribution < -0.4 is 24.4 Å². The first-order chi connectivity index (χ1) is 16.0. The van der Waals surface area contributed by atoms with Gasteiger partial charge in [-0.05, 0) is 43.3 Å². The van der Waals surface area contributed by atoms with Crippen LogP contribution in [0.2, 0.25) is 0 Å². The molecule has 0 heterocycles. The molecule has 0 aliphatic rings. The summed E-state index contributed by atoms with van der Waals surface area (Å²) in [5.74, 6) is 0.324. The van der Waals surface area contributed by atoms with Crippen LogP contribution in [0.4, 0.5) is 0 Å². The van der Waals surface area contributed by atoms with E-state index < -0.39 is 5.97 Å². The molecule has 0 fully saturated rings. The predicted octanol–water partition coefficient (Wildman–Crippen LogP) is 4.00. The van der Waals surface area contributed by atoms with E-state index in [-0.39, 0.29) is 17.2 Å². The third kappa shape index (κ3) is 5.68. The number of ether oxygens (including phenoxy) is 4. The normalized spacial score (nSPS) is 10.5. The van der Waals surface area contributed by atoms with Crippen LogP contribution in [0.15, 0.2) is 65.8 Å². The Balaban J connectivity index is 1.76. The lowest BCUT2D eigenvalue weighted by molar-refractivity contribution is 0.0733. The van der Waals surface area contributed by atoms with Crippen LogP contribution in [0.1, 0.15) is 31.8 Å². The van der Waals surface area contributed by atoms with Crippen LogP contribution in [-0.4, -0.2) is 39.4 Å². The summed E-state index contributed by atoms with van der Waals surface area (Å²) in [7, 11) is 4.40. The highest BCUT2D eigenvalue weighted by molar-refractivity contribution is 5.96. The molecule has 0 bridgehead atoms. The quantitative estimate of drug-likeness (QED) is 0.242. The zero-order valence-corrected chi connectivity index (χ0v) is 18.7. The van der Waals surface area contributed by atoms with E-state index in [9.17, 15) is 9.59 Å². The summed E-state index contributed by atoms with van der Waals surface area (Å²) in [6, 6.07) is 16.9. The van der Waals surface area contributed by atoms with Gasteiger partial charge in [0.2, 0.25) is 5.75 Å². The molecular weight excluding hydrogens is 424 g/mol. The van der Waals surface area contributed by atoms with Crippen molar-refractivity contribution in [3.05, 3.63) is 82.9 Å². The van der Waals surface area contributed by atoms with E-state index in [1.807, 2.05) is 19.1 Å². The van der Waals surface area contributed by atoms with Gasteiger partial charge in [-0.15, -0.1) is 0 Å². The second-order valence-corrected chi connectivity index (χ2v) is 6.91. The van der Waals surface area contributed by atoms with Crippen molar-refractivity contribution in [3.8, 4) is 23.0 Å². The maximum Gasteiger partial charge on any atom is 0.343 e. The number of carbonyl (C=O) groups is 2. The standard InChI is InChI=1S/C25H24N2O6/c1-16-9-11-17(12-10-16)24(28)27-26-15-18-7-5-6-8-20(18)33-25(29)19-13-21(30-2)23(32-4)22(14-19)31-3/h5-15H,1-4H3,(H,27,28). The van der Waals surface area contributed by atoms with Gasteiger partial charge in [-0.2, -0.15) is 5.10 Å². The average molecular weight is 448 g/mol. The van der Waals surface area contributed by atoms with Crippen molar-refractivity contribution in [2.45, 2.75) is 6.92 Å². The third-order valence-corrected chi connectivity index (χ3v) is 4.71. The molecule has 3 aromatic rings. The number of esters is 1. The summed E-state index contributed by atoms with van der Waals surface area (Å²) in [6.07, 6.45) is 1.41. The summed E-state index contributed by atoms with van der Waals surface area (Å²) in [5, 5.41) is 3.99. The van der Waals surface area contributed by atoms with E-state index >= 15 is 0 Å². The van der Waals surface area contributed by atoms with Gasteiger partial charge < -0.3 is 18.9 Å². The number of methoxy groups -OCH3 is 3. The molecule has 0 aliphatic carbocycles. The maximum atomic E-state index is 12.8. The first-order valence-electron chi connectivity index (χ1n) is 9.98. The van der Waals surface area contributed by atoms with Crippen LogP contribution in [0, 0.1) is 6.92 Å². The van der Waals surface area contributed by atoms with Gasteiger partial charge in [0.25, 0.3) is 5.91 Å². The monoisotopic (exact) mass is 448 g/mol. The van der Waals surface area contributed by atoms with Crippen molar-refractivity contribution >= 4 is 18.1 Å². The van der Waals surface area contributed by atoms with Crippen molar-refractivity contribution in [2.24, 2.45) is 5.10 Å². The largest absolute Gasteiger partial charge is 0.493 e. The van der Waals surface area contributed by atoms with Crippen LogP contribution in [0.25, 0.3) is 0 Å². The molecule has 8 nitrogen and oxygen atoms in total. The molecule has 170 valence electrons. The Morgan fingerprint density at radius 2 is 1.45 bits per heavy atom. The van der Waals surface area contributed by atoms with E-state index in [0.29, 0.717) is 28.4 Å². The second-order valence-electron chi connectivity index (χ2n) is 6.91. The average Bonchev–Trinajstić information content (AvgIpc) is 2.84. The molecule has 0 saturated carbocycles. The molecule has 33 heavy (non-hydrogen) atoms. The van der Waals surface area contributed by atoms with Crippen LogP contribution >= 0.6 is 0 Å². The number of amides is 1. The molecule has 0 aliphatic heterocycles. The summed E-state index contributed by atoms with van der Waals surface area (Å²) in [6.45, 7) is 1.94. The Labute approximate surface area is 191 Å². The number of nitrogens with one attached hydrogen (secondary N) is 1. The molecule has 0 spiro atoms. The summed E-state index contributed by atoms with van der Waals surface area (Å²) in [4.78, 5) is 25.0. The molecule has 0 saturated heterocycles. The molecule has 1 N–H and O–H groups in total. The van der Waals surface area contributed by atoms with Crippen LogP contribution in [0.5, 0.6) is 23.0 Å². The molecular formula is C25H24N2O6. The SMILES string of the molecule is COc1cc(C(=O)Oc2ccccc2C=NNC(=O)c2ccc(C)cc2)cc(OC)c1OC. The fourth-order valence-corrected chi connectivity index (χ4v) is 2.97. The Kier molecular flexibility index (Phi) is 7.64. The minimum absolute atomic E-state index is 0.212. The number of carbonyl (C=O) groups excluding carboxylic acids is 2. The molecule has 0 atom stereocenters. The van der Waals surface area contributed by atoms with Crippen LogP contribution in [0.3, 0.4) is 0 Å². The Bertz CT molecular complexity index is 1150. The predicted molar refractivity (Wildman–Crippen MR) is 124 cm³/mol. The highest BCUT2D eigenvalue weighted by Crippen LogP contribution is 2.38. The Hall–Kier alpha value is -4.33. The minimum atomic E-state index is -0.626. The summed E-state index contributed by atoms with van der Waals surface area (Å²) < 4.78 is 21.4. The van der Waals surface area contributed by atoms with Crippen molar-refractivity contribution in [2.75, 3.05) is 21.3 Å². The summed E-state index contributed by atoms with van der Waals surface area (Å²) >= 11 is 0. The number of nitrogens with zero attached hydrogens (tertiary/aromatic N) is 1. The van der Waals surface area contributed by atoms with Crippen LogP contribution in [-0.2, 0) is 0 Å². The van der Waals surface area contributed by atoms with Gasteiger partial charge in [0.1, 0.15) is 5.75 Å². The van der Waals surface area contributed by atoms with Gasteiger partial charge in [-0.1, -0.05) is 29.8 Å². The van der Waals surface area contributed by atoms with Crippen molar-refractivity contribution in [1.29, 1.82) is 0 Å². The van der Waals surface area contributed by atoms with E-state index in [2.05, 4.69) is 10.5 Å². The lowest BCUT2D eigenvalue weighted by atomic mass is 10.1. The number of rotatable bonds is 8. The van der Waals surface area contributed by atoms with E-state index in [1.165, 1.54) is 39.7 Å². The molecule has 0 aromatic heterocycles. The number of benzene rings is 3. The zero-order chi connectivity index (χ0) is 23.8. The highest BCUT2D eigenvalue weighted by Gasteiger charge is 2.19. The number of hydrogen-bond acceptors (Lipinski definition) is 7. The van der Waals surface area contributed by atoms with Gasteiger partial charge in [-0.3, -0.25) is 4.79 Å². The molecule has 0 unspecified atom stereocenters. The third-order valence-electron chi connectivity index (χ3n) is 4.71.